The number of rotatable bonds is 7. The first-order chi connectivity index (χ1) is 14.5. The van der Waals surface area contributed by atoms with E-state index in [-0.39, 0.29) is 30.4 Å². The normalized spacial score (nSPS) is 18.9. The largest absolute Gasteiger partial charge is 0.327 e. The van der Waals surface area contributed by atoms with Crippen LogP contribution in [0.3, 0.4) is 0 Å². The highest BCUT2D eigenvalue weighted by molar-refractivity contribution is 5.98. The van der Waals surface area contributed by atoms with Gasteiger partial charge in [0, 0.05) is 18.6 Å². The average molecular weight is 409 g/mol. The second-order valence-electron chi connectivity index (χ2n) is 8.37. The lowest BCUT2D eigenvalue weighted by atomic mass is 10.0. The first-order valence-electron chi connectivity index (χ1n) is 10.6. The van der Waals surface area contributed by atoms with Gasteiger partial charge in [0.2, 0.25) is 11.9 Å². The molecule has 1 aliphatic heterocycles. The maximum atomic E-state index is 13.1. The van der Waals surface area contributed by atoms with E-state index >= 15 is 0 Å². The van der Waals surface area contributed by atoms with Crippen molar-refractivity contribution < 1.29 is 9.59 Å². The molecule has 30 heavy (non-hydrogen) atoms. The quantitative estimate of drug-likeness (QED) is 0.760. The molecule has 0 aromatic carbocycles. The van der Waals surface area contributed by atoms with Gasteiger partial charge in [0.25, 0.3) is 0 Å². The fourth-order valence-electron chi connectivity index (χ4n) is 3.78. The van der Waals surface area contributed by atoms with E-state index in [1.165, 1.54) is 18.4 Å². The Hall–Kier alpha value is -3.03. The SMILES string of the molecule is CCc1cnc(N2C[C@H](C(C)C)N(CC(=O)Nc3cc(C4CC4)ccn3)C2=O)nc1. The minimum atomic E-state index is -0.251. The van der Waals surface area contributed by atoms with Crippen molar-refractivity contribution in [3.05, 3.63) is 41.9 Å². The summed E-state index contributed by atoms with van der Waals surface area (Å²) in [7, 11) is 0. The predicted octanol–water partition coefficient (Wildman–Crippen LogP) is 3.22. The molecule has 2 fully saturated rings. The van der Waals surface area contributed by atoms with E-state index in [9.17, 15) is 9.59 Å². The van der Waals surface area contributed by atoms with Crippen LogP contribution in [0, 0.1) is 5.92 Å². The van der Waals surface area contributed by atoms with E-state index < -0.39 is 0 Å². The Kier molecular flexibility index (Phi) is 5.65. The minimum absolute atomic E-state index is 0.0272. The van der Waals surface area contributed by atoms with Crippen molar-refractivity contribution in [2.24, 2.45) is 5.92 Å². The molecule has 1 N–H and O–H groups in total. The van der Waals surface area contributed by atoms with E-state index in [1.54, 1.807) is 28.4 Å². The Bertz CT molecular complexity index is 925. The van der Waals surface area contributed by atoms with Crippen LogP contribution in [0.4, 0.5) is 16.6 Å². The van der Waals surface area contributed by atoms with Crippen molar-refractivity contribution in [1.29, 1.82) is 0 Å². The second kappa shape index (κ2) is 8.38. The average Bonchev–Trinajstić information content (AvgIpc) is 3.54. The van der Waals surface area contributed by atoms with Crippen LogP contribution < -0.4 is 10.2 Å². The summed E-state index contributed by atoms with van der Waals surface area (Å²) in [6, 6.07) is 3.58. The molecule has 1 saturated carbocycles. The van der Waals surface area contributed by atoms with Crippen LogP contribution in [0.1, 0.15) is 50.7 Å². The molecule has 1 saturated heterocycles. The summed E-state index contributed by atoms with van der Waals surface area (Å²) in [6.45, 7) is 6.57. The summed E-state index contributed by atoms with van der Waals surface area (Å²) in [5, 5.41) is 2.85. The number of hydrogen-bond acceptors (Lipinski definition) is 5. The molecule has 158 valence electrons. The van der Waals surface area contributed by atoms with E-state index in [2.05, 4.69) is 20.3 Å². The van der Waals surface area contributed by atoms with Crippen molar-refractivity contribution in [1.82, 2.24) is 19.9 Å². The van der Waals surface area contributed by atoms with Gasteiger partial charge in [0.15, 0.2) is 0 Å². The number of aryl methyl sites for hydroxylation is 1. The van der Waals surface area contributed by atoms with E-state index in [0.717, 1.165) is 12.0 Å². The zero-order valence-corrected chi connectivity index (χ0v) is 17.7. The minimum Gasteiger partial charge on any atom is -0.310 e. The van der Waals surface area contributed by atoms with Gasteiger partial charge in [-0.1, -0.05) is 20.8 Å². The maximum Gasteiger partial charge on any atom is 0.327 e. The lowest BCUT2D eigenvalue weighted by Gasteiger charge is -2.25. The Balaban J connectivity index is 1.46. The van der Waals surface area contributed by atoms with Gasteiger partial charge in [-0.25, -0.2) is 19.7 Å². The Morgan fingerprint density at radius 3 is 2.60 bits per heavy atom. The number of carbonyl (C=O) groups excluding carboxylic acids is 2. The Labute approximate surface area is 176 Å². The molecule has 8 heteroatoms. The van der Waals surface area contributed by atoms with Gasteiger partial charge in [0.1, 0.15) is 12.4 Å². The maximum absolute atomic E-state index is 13.1. The summed E-state index contributed by atoms with van der Waals surface area (Å²) in [5.41, 5.74) is 2.22. The van der Waals surface area contributed by atoms with Crippen LogP contribution in [0.15, 0.2) is 30.7 Å². The highest BCUT2D eigenvalue weighted by atomic mass is 16.2. The summed E-state index contributed by atoms with van der Waals surface area (Å²) in [6.07, 6.45) is 8.42. The zero-order valence-electron chi connectivity index (χ0n) is 17.7. The molecule has 0 radical (unpaired) electrons. The van der Waals surface area contributed by atoms with Crippen molar-refractivity contribution in [2.45, 2.75) is 52.0 Å². The molecular weight excluding hydrogens is 380 g/mol. The Morgan fingerprint density at radius 1 is 1.23 bits per heavy atom. The fraction of sp³-hybridized carbons (Fsp3) is 0.500. The van der Waals surface area contributed by atoms with E-state index in [4.69, 9.17) is 0 Å². The summed E-state index contributed by atoms with van der Waals surface area (Å²) in [5.74, 6) is 1.44. The summed E-state index contributed by atoms with van der Waals surface area (Å²) >= 11 is 0. The molecule has 1 aliphatic carbocycles. The highest BCUT2D eigenvalue weighted by Crippen LogP contribution is 2.40. The number of pyridine rings is 1. The number of nitrogens with one attached hydrogen (secondary N) is 1. The van der Waals surface area contributed by atoms with Crippen LogP contribution in [-0.4, -0.2) is 50.9 Å². The molecule has 2 aromatic heterocycles. The van der Waals surface area contributed by atoms with E-state index in [0.29, 0.717) is 24.2 Å². The molecule has 2 aromatic rings. The third-order valence-corrected chi connectivity index (χ3v) is 5.77. The third-order valence-electron chi connectivity index (χ3n) is 5.77. The molecule has 8 nitrogen and oxygen atoms in total. The smallest absolute Gasteiger partial charge is 0.310 e. The van der Waals surface area contributed by atoms with Crippen LogP contribution in [0.25, 0.3) is 0 Å². The van der Waals surface area contributed by atoms with Crippen LogP contribution >= 0.6 is 0 Å². The van der Waals surface area contributed by atoms with E-state index in [1.807, 2.05) is 32.9 Å². The van der Waals surface area contributed by atoms with Crippen LogP contribution in [0.2, 0.25) is 0 Å². The molecule has 1 atom stereocenters. The topological polar surface area (TPSA) is 91.3 Å². The molecule has 3 heterocycles. The Morgan fingerprint density at radius 2 is 1.97 bits per heavy atom. The molecular formula is C22H28N6O2. The number of nitrogens with zero attached hydrogens (tertiary/aromatic N) is 5. The van der Waals surface area contributed by atoms with Gasteiger partial charge < -0.3 is 10.2 Å². The number of hydrogen-bond donors (Lipinski definition) is 1. The molecule has 0 unspecified atom stereocenters. The summed E-state index contributed by atoms with van der Waals surface area (Å²) < 4.78 is 0. The summed E-state index contributed by atoms with van der Waals surface area (Å²) in [4.78, 5) is 41.9. The molecule has 2 aliphatic rings. The van der Waals surface area contributed by atoms with Gasteiger partial charge in [-0.05, 0) is 54.4 Å². The van der Waals surface area contributed by atoms with Gasteiger partial charge in [-0.2, -0.15) is 0 Å². The number of aromatic nitrogens is 3. The lowest BCUT2D eigenvalue weighted by Crippen LogP contribution is -2.43. The van der Waals surface area contributed by atoms with Gasteiger partial charge in [-0.3, -0.25) is 9.69 Å². The van der Waals surface area contributed by atoms with Crippen molar-refractivity contribution in [2.75, 3.05) is 23.3 Å². The standard InChI is InChI=1S/C22H28N6O2/c1-4-15-10-24-21(25-11-15)28-12-18(14(2)3)27(22(28)30)13-20(29)26-19-9-17(7-8-23-19)16-5-6-16/h7-11,14,16,18H,4-6,12-13H2,1-3H3,(H,23,26,29)/t18-/m1/s1. The molecule has 0 bridgehead atoms. The molecule has 0 spiro atoms. The fourth-order valence-corrected chi connectivity index (χ4v) is 3.78. The predicted molar refractivity (Wildman–Crippen MR) is 114 cm³/mol. The van der Waals surface area contributed by atoms with Crippen molar-refractivity contribution in [3.63, 3.8) is 0 Å². The number of urea groups is 1. The second-order valence-corrected chi connectivity index (χ2v) is 8.37. The number of carbonyl (C=O) groups is 2. The monoisotopic (exact) mass is 408 g/mol. The van der Waals surface area contributed by atoms with Crippen LogP contribution in [0.5, 0.6) is 0 Å². The van der Waals surface area contributed by atoms with Gasteiger partial charge in [0.05, 0.1) is 12.6 Å². The van der Waals surface area contributed by atoms with Crippen molar-refractivity contribution >= 4 is 23.7 Å². The number of anilines is 2. The highest BCUT2D eigenvalue weighted by Gasteiger charge is 2.41. The van der Waals surface area contributed by atoms with Crippen molar-refractivity contribution in [3.8, 4) is 0 Å². The van der Waals surface area contributed by atoms with Gasteiger partial charge >= 0.3 is 6.03 Å². The van der Waals surface area contributed by atoms with Gasteiger partial charge in [-0.15, -0.1) is 0 Å². The molecule has 4 rings (SSSR count). The lowest BCUT2D eigenvalue weighted by molar-refractivity contribution is -0.117. The first-order valence-corrected chi connectivity index (χ1v) is 10.6. The zero-order chi connectivity index (χ0) is 21.3. The first kappa shape index (κ1) is 20.3. The third kappa shape index (κ3) is 4.27. The molecule has 3 amide bonds. The number of amides is 3. The van der Waals surface area contributed by atoms with Crippen LogP contribution in [-0.2, 0) is 11.2 Å².